The highest BCUT2D eigenvalue weighted by Gasteiger charge is 2.47. The first-order valence-electron chi connectivity index (χ1n) is 8.24. The van der Waals surface area contributed by atoms with Crippen molar-refractivity contribution in [3.05, 3.63) is 118 Å². The molecule has 0 amide bonds. The van der Waals surface area contributed by atoms with E-state index >= 15 is 0 Å². The molecule has 0 radical (unpaired) electrons. The first-order chi connectivity index (χ1) is 12.7. The molecule has 1 heterocycles. The Hall–Kier alpha value is -3.44. The van der Waals surface area contributed by atoms with Crippen molar-refractivity contribution in [2.45, 2.75) is 5.60 Å². The zero-order valence-electron chi connectivity index (χ0n) is 13.9. The Kier molecular flexibility index (Phi) is 3.99. The van der Waals surface area contributed by atoms with Gasteiger partial charge in [0.15, 0.2) is 0 Å². The third-order valence-electron chi connectivity index (χ3n) is 4.39. The van der Waals surface area contributed by atoms with Crippen molar-refractivity contribution in [1.82, 2.24) is 5.27 Å². The molecule has 26 heavy (non-hydrogen) atoms. The first-order valence-corrected chi connectivity index (χ1v) is 8.24. The number of aromatic nitrogens is 2. The highest BCUT2D eigenvalue weighted by Crippen LogP contribution is 2.33. The minimum absolute atomic E-state index is 0.0844. The standard InChI is InChI=1S/C21H16N2O3/c24-20-19(23(22-26-20)18-14-8-3-9-15-18)21(25,16-10-4-1-5-11-16)17-12-6-2-7-13-17/h1-15,25H/p+1. The second kappa shape index (κ2) is 6.46. The Bertz CT molecular complexity index is 1020. The number of para-hydroxylation sites is 1. The van der Waals surface area contributed by atoms with Crippen molar-refractivity contribution < 1.29 is 14.3 Å². The number of nitrogens with one attached hydrogen (secondary N) is 1. The Labute approximate surface area is 149 Å². The number of H-pyrrole nitrogens is 1. The summed E-state index contributed by atoms with van der Waals surface area (Å²) in [5.41, 5.74) is -0.409. The molecule has 0 bridgehead atoms. The van der Waals surface area contributed by atoms with Crippen LogP contribution >= 0.6 is 0 Å². The maximum Gasteiger partial charge on any atom is 0.434 e. The van der Waals surface area contributed by atoms with E-state index in [-0.39, 0.29) is 5.69 Å². The van der Waals surface area contributed by atoms with Crippen LogP contribution in [0.5, 0.6) is 0 Å². The van der Waals surface area contributed by atoms with Gasteiger partial charge < -0.3 is 5.11 Å². The fourth-order valence-corrected chi connectivity index (χ4v) is 3.14. The lowest BCUT2D eigenvalue weighted by Gasteiger charge is -2.24. The average molecular weight is 345 g/mol. The van der Waals surface area contributed by atoms with Crippen LogP contribution in [0.1, 0.15) is 16.8 Å². The number of rotatable bonds is 4. The summed E-state index contributed by atoms with van der Waals surface area (Å²) in [4.78, 5) is 12.6. The smallest absolute Gasteiger partial charge is 0.371 e. The number of aliphatic hydroxyl groups is 1. The summed E-state index contributed by atoms with van der Waals surface area (Å²) >= 11 is 0. The van der Waals surface area contributed by atoms with E-state index in [1.54, 1.807) is 24.3 Å². The van der Waals surface area contributed by atoms with Crippen LogP contribution in [0.25, 0.3) is 5.69 Å². The molecule has 0 spiro atoms. The summed E-state index contributed by atoms with van der Waals surface area (Å²) in [5.74, 6) is 0. The molecule has 4 rings (SSSR count). The third-order valence-corrected chi connectivity index (χ3v) is 4.39. The summed E-state index contributed by atoms with van der Waals surface area (Å²) < 4.78 is 6.54. The Balaban J connectivity index is 2.04. The molecule has 0 saturated carbocycles. The predicted octanol–water partition coefficient (Wildman–Crippen LogP) is 2.53. The van der Waals surface area contributed by atoms with E-state index in [2.05, 4.69) is 5.27 Å². The maximum absolute atomic E-state index is 12.6. The summed E-state index contributed by atoms with van der Waals surface area (Å²) in [6, 6.07) is 27.4. The van der Waals surface area contributed by atoms with Crippen molar-refractivity contribution in [2.75, 3.05) is 0 Å². The molecule has 0 aliphatic carbocycles. The quantitative estimate of drug-likeness (QED) is 0.559. The molecule has 0 atom stereocenters. The number of nitrogens with zero attached hydrogens (tertiary/aromatic N) is 1. The monoisotopic (exact) mass is 345 g/mol. The maximum atomic E-state index is 12.6. The van der Waals surface area contributed by atoms with Gasteiger partial charge in [0.1, 0.15) is 0 Å². The largest absolute Gasteiger partial charge is 0.434 e. The molecule has 0 fully saturated rings. The van der Waals surface area contributed by atoms with E-state index in [0.717, 1.165) is 0 Å². The fraction of sp³-hybridized carbons (Fsp3) is 0.0476. The van der Waals surface area contributed by atoms with Crippen molar-refractivity contribution in [1.29, 1.82) is 0 Å². The van der Waals surface area contributed by atoms with Gasteiger partial charge in [0.2, 0.25) is 11.3 Å². The molecule has 0 unspecified atom stereocenters. The fourth-order valence-electron chi connectivity index (χ4n) is 3.14. The second-order valence-corrected chi connectivity index (χ2v) is 5.94. The summed E-state index contributed by atoms with van der Waals surface area (Å²) in [7, 11) is 0. The van der Waals surface area contributed by atoms with Gasteiger partial charge in [0.25, 0.3) is 0 Å². The van der Waals surface area contributed by atoms with Crippen LogP contribution in [-0.2, 0) is 5.60 Å². The minimum atomic E-state index is -1.68. The normalized spacial score (nSPS) is 11.4. The number of benzene rings is 3. The summed E-state index contributed by atoms with van der Waals surface area (Å²) in [6.07, 6.45) is 0. The molecule has 0 saturated heterocycles. The van der Waals surface area contributed by atoms with Gasteiger partial charge >= 0.3 is 11.3 Å². The molecule has 4 aromatic rings. The van der Waals surface area contributed by atoms with E-state index in [4.69, 9.17) is 4.52 Å². The van der Waals surface area contributed by atoms with Crippen LogP contribution in [0, 0.1) is 0 Å². The molecular weight excluding hydrogens is 328 g/mol. The number of hydrogen-bond donors (Lipinski definition) is 2. The van der Waals surface area contributed by atoms with Gasteiger partial charge in [-0.3, -0.25) is 4.52 Å². The van der Waals surface area contributed by atoms with Gasteiger partial charge in [-0.2, -0.15) is 0 Å². The van der Waals surface area contributed by atoms with Crippen molar-refractivity contribution in [3.63, 3.8) is 0 Å². The van der Waals surface area contributed by atoms with Crippen LogP contribution < -0.4 is 10.3 Å². The lowest BCUT2D eigenvalue weighted by molar-refractivity contribution is -0.682. The van der Waals surface area contributed by atoms with Gasteiger partial charge in [-0.15, -0.1) is 0 Å². The summed E-state index contributed by atoms with van der Waals surface area (Å²) in [5, 5.41) is 14.4. The van der Waals surface area contributed by atoms with Crippen LogP contribution in [-0.4, -0.2) is 10.4 Å². The molecule has 5 heteroatoms. The van der Waals surface area contributed by atoms with E-state index in [1.165, 1.54) is 4.68 Å². The van der Waals surface area contributed by atoms with Crippen LogP contribution in [0.4, 0.5) is 0 Å². The Morgan fingerprint density at radius 2 is 1.23 bits per heavy atom. The zero-order valence-corrected chi connectivity index (χ0v) is 13.9. The van der Waals surface area contributed by atoms with Crippen molar-refractivity contribution in [2.24, 2.45) is 0 Å². The second-order valence-electron chi connectivity index (χ2n) is 5.94. The molecule has 0 aliphatic heterocycles. The molecule has 0 aliphatic rings. The van der Waals surface area contributed by atoms with Gasteiger partial charge in [-0.05, 0) is 21.1 Å². The predicted molar refractivity (Wildman–Crippen MR) is 95.8 cm³/mol. The summed E-state index contributed by atoms with van der Waals surface area (Å²) in [6.45, 7) is 0. The van der Waals surface area contributed by atoms with Crippen LogP contribution in [0.2, 0.25) is 0 Å². The SMILES string of the molecule is O=c1o[nH][n+](-c2ccccc2)c1C(O)(c1ccccc1)c1ccccc1. The van der Waals surface area contributed by atoms with E-state index in [9.17, 15) is 9.90 Å². The lowest BCUT2D eigenvalue weighted by Crippen LogP contribution is -2.48. The van der Waals surface area contributed by atoms with Crippen molar-refractivity contribution >= 4 is 0 Å². The topological polar surface area (TPSA) is 70.1 Å². The number of aromatic amines is 1. The molecule has 5 nitrogen and oxygen atoms in total. The van der Waals surface area contributed by atoms with E-state index in [0.29, 0.717) is 16.8 Å². The molecule has 2 N–H and O–H groups in total. The van der Waals surface area contributed by atoms with E-state index in [1.807, 2.05) is 66.7 Å². The molecule has 128 valence electrons. The lowest BCUT2D eigenvalue weighted by atomic mass is 9.83. The number of hydrogen-bond acceptors (Lipinski definition) is 3. The van der Waals surface area contributed by atoms with Gasteiger partial charge in [-0.25, -0.2) is 4.79 Å². The van der Waals surface area contributed by atoms with Crippen LogP contribution in [0.3, 0.4) is 0 Å². The van der Waals surface area contributed by atoms with Gasteiger partial charge in [-0.1, -0.05) is 78.9 Å². The minimum Gasteiger partial charge on any atom is -0.371 e. The Morgan fingerprint density at radius 3 is 1.73 bits per heavy atom. The molecule has 1 aromatic heterocycles. The third kappa shape index (κ3) is 2.55. The first kappa shape index (κ1) is 16.1. The zero-order chi connectivity index (χ0) is 18.0. The van der Waals surface area contributed by atoms with Gasteiger partial charge in [0.05, 0.1) is 0 Å². The molecular formula is C21H17N2O3+. The van der Waals surface area contributed by atoms with Gasteiger partial charge in [0, 0.05) is 12.1 Å². The average Bonchev–Trinajstić information content (AvgIpc) is 3.11. The van der Waals surface area contributed by atoms with Crippen LogP contribution in [0.15, 0.2) is 100 Å². The van der Waals surface area contributed by atoms with Crippen molar-refractivity contribution in [3.8, 4) is 5.69 Å². The molecule has 3 aromatic carbocycles. The Morgan fingerprint density at radius 1 is 0.769 bits per heavy atom. The highest BCUT2D eigenvalue weighted by molar-refractivity contribution is 5.42. The van der Waals surface area contributed by atoms with E-state index < -0.39 is 11.2 Å². The highest BCUT2D eigenvalue weighted by atomic mass is 16.5.